The molecule has 0 saturated carbocycles. The summed E-state index contributed by atoms with van der Waals surface area (Å²) in [5.41, 5.74) is 0.589. The second-order valence-electron chi connectivity index (χ2n) is 7.74. The Bertz CT molecular complexity index is 770. The van der Waals surface area contributed by atoms with Crippen molar-refractivity contribution in [1.29, 1.82) is 0 Å². The van der Waals surface area contributed by atoms with Gasteiger partial charge in [0.05, 0.1) is 19.3 Å². The lowest BCUT2D eigenvalue weighted by Crippen LogP contribution is -2.50. The molecule has 6 nitrogen and oxygen atoms in total. The number of hydrogen-bond acceptors (Lipinski definition) is 5. The molecule has 2 aromatic rings. The van der Waals surface area contributed by atoms with Crippen molar-refractivity contribution in [2.45, 2.75) is 65.8 Å². The smallest absolute Gasteiger partial charge is 0.318 e. The number of benzene rings is 1. The summed E-state index contributed by atoms with van der Waals surface area (Å²) in [6.45, 7) is 10.9. The summed E-state index contributed by atoms with van der Waals surface area (Å²) in [5.74, 6) is 1.38. The van der Waals surface area contributed by atoms with E-state index in [-0.39, 0.29) is 17.6 Å². The van der Waals surface area contributed by atoms with Gasteiger partial charge in [-0.25, -0.2) is 9.78 Å². The molecule has 0 aliphatic heterocycles. The van der Waals surface area contributed by atoms with Gasteiger partial charge in [-0.05, 0) is 46.2 Å². The lowest BCUT2D eigenvalue weighted by Gasteiger charge is -2.32. The highest BCUT2D eigenvalue weighted by Crippen LogP contribution is 2.27. The number of carbonyl (C=O) groups excluding carboxylic acids is 1. The highest BCUT2D eigenvalue weighted by atomic mass is 32.1. The molecule has 1 unspecified atom stereocenters. The normalized spacial score (nSPS) is 12.4. The number of para-hydroxylation sites is 2. The van der Waals surface area contributed by atoms with Gasteiger partial charge in [-0.15, -0.1) is 11.3 Å². The number of methoxy groups -OCH3 is 1. The molecule has 0 aliphatic carbocycles. The fourth-order valence-electron chi connectivity index (χ4n) is 2.58. The molecular formula is C21H31N3O3S. The number of urea groups is 1. The van der Waals surface area contributed by atoms with Crippen molar-refractivity contribution in [2.75, 3.05) is 7.11 Å². The van der Waals surface area contributed by atoms with Gasteiger partial charge in [-0.3, -0.25) is 0 Å². The van der Waals surface area contributed by atoms with Gasteiger partial charge >= 0.3 is 6.03 Å². The van der Waals surface area contributed by atoms with Gasteiger partial charge in [0, 0.05) is 17.0 Å². The predicted molar refractivity (Wildman–Crippen MR) is 113 cm³/mol. The zero-order valence-corrected chi connectivity index (χ0v) is 18.4. The summed E-state index contributed by atoms with van der Waals surface area (Å²) in [6.07, 6.45) is 0.880. The van der Waals surface area contributed by atoms with E-state index in [1.807, 2.05) is 55.3 Å². The minimum absolute atomic E-state index is 0.0679. The molecular weight excluding hydrogens is 374 g/mol. The maximum atomic E-state index is 12.7. The predicted octanol–water partition coefficient (Wildman–Crippen LogP) is 4.84. The summed E-state index contributed by atoms with van der Waals surface area (Å²) >= 11 is 1.53. The van der Waals surface area contributed by atoms with Gasteiger partial charge in [0.25, 0.3) is 0 Å². The van der Waals surface area contributed by atoms with Crippen LogP contribution in [0, 0.1) is 0 Å². The molecule has 0 saturated heterocycles. The van der Waals surface area contributed by atoms with E-state index in [0.717, 1.165) is 17.1 Å². The van der Waals surface area contributed by atoms with Crippen LogP contribution in [0.25, 0.3) is 0 Å². The average Bonchev–Trinajstić information content (AvgIpc) is 3.10. The van der Waals surface area contributed by atoms with E-state index in [1.165, 1.54) is 11.3 Å². The second-order valence-corrected chi connectivity index (χ2v) is 8.68. The molecule has 1 heterocycles. The molecule has 7 heteroatoms. The van der Waals surface area contributed by atoms with Crippen molar-refractivity contribution in [1.82, 2.24) is 15.2 Å². The van der Waals surface area contributed by atoms with Crippen LogP contribution in [0.15, 0.2) is 29.6 Å². The van der Waals surface area contributed by atoms with E-state index >= 15 is 0 Å². The molecule has 0 aliphatic rings. The molecule has 0 spiro atoms. The molecule has 0 fully saturated rings. The second kappa shape index (κ2) is 9.78. The van der Waals surface area contributed by atoms with Crippen LogP contribution in [0.4, 0.5) is 4.79 Å². The van der Waals surface area contributed by atoms with Crippen molar-refractivity contribution in [3.8, 4) is 11.5 Å². The number of nitrogens with zero attached hydrogens (tertiary/aromatic N) is 2. The Morgan fingerprint density at radius 2 is 1.96 bits per heavy atom. The van der Waals surface area contributed by atoms with Gasteiger partial charge in [0.1, 0.15) is 11.6 Å². The summed E-state index contributed by atoms with van der Waals surface area (Å²) < 4.78 is 11.1. The summed E-state index contributed by atoms with van der Waals surface area (Å²) in [7, 11) is 1.62. The molecule has 1 aromatic carbocycles. The lowest BCUT2D eigenvalue weighted by atomic mass is 10.1. The van der Waals surface area contributed by atoms with Crippen molar-refractivity contribution in [2.24, 2.45) is 0 Å². The van der Waals surface area contributed by atoms with Crippen LogP contribution in [-0.4, -0.2) is 34.6 Å². The number of rotatable bonds is 8. The standard InChI is InChI=1S/C21H31N3O3S/c1-7-15(2)24(20(25)23-21(3,4)5)12-16-14-28-19(22-16)13-27-18-11-9-8-10-17(18)26-6/h8-11,14-15H,7,12-13H2,1-6H3,(H,23,25). The lowest BCUT2D eigenvalue weighted by molar-refractivity contribution is 0.164. The highest BCUT2D eigenvalue weighted by Gasteiger charge is 2.24. The van der Waals surface area contributed by atoms with Gasteiger partial charge < -0.3 is 19.7 Å². The van der Waals surface area contributed by atoms with Gasteiger partial charge in [-0.2, -0.15) is 0 Å². The fraction of sp³-hybridized carbons (Fsp3) is 0.524. The van der Waals surface area contributed by atoms with Crippen LogP contribution in [0.1, 0.15) is 51.7 Å². The Kier molecular flexibility index (Phi) is 7.69. The minimum Gasteiger partial charge on any atom is -0.493 e. The van der Waals surface area contributed by atoms with Crippen LogP contribution in [0.2, 0.25) is 0 Å². The zero-order chi connectivity index (χ0) is 20.7. The van der Waals surface area contributed by atoms with E-state index in [2.05, 4.69) is 24.1 Å². The molecule has 2 amide bonds. The van der Waals surface area contributed by atoms with Crippen LogP contribution < -0.4 is 14.8 Å². The van der Waals surface area contributed by atoms with E-state index < -0.39 is 0 Å². The van der Waals surface area contributed by atoms with Gasteiger partial charge in [0.15, 0.2) is 11.5 Å². The molecule has 1 aromatic heterocycles. The number of hydrogen-bond donors (Lipinski definition) is 1. The number of thiazole rings is 1. The zero-order valence-electron chi connectivity index (χ0n) is 17.6. The molecule has 154 valence electrons. The van der Waals surface area contributed by atoms with E-state index in [4.69, 9.17) is 9.47 Å². The van der Waals surface area contributed by atoms with Gasteiger partial charge in [0.2, 0.25) is 0 Å². The number of nitrogens with one attached hydrogen (secondary N) is 1. The Hall–Kier alpha value is -2.28. The number of carbonyl (C=O) groups is 1. The minimum atomic E-state index is -0.279. The molecule has 1 N–H and O–H groups in total. The molecule has 0 bridgehead atoms. The highest BCUT2D eigenvalue weighted by molar-refractivity contribution is 7.09. The van der Waals surface area contributed by atoms with E-state index in [9.17, 15) is 4.79 Å². The monoisotopic (exact) mass is 405 g/mol. The molecule has 2 rings (SSSR count). The van der Waals surface area contributed by atoms with Crippen molar-refractivity contribution >= 4 is 17.4 Å². The Morgan fingerprint density at radius 1 is 1.29 bits per heavy atom. The first-order chi connectivity index (χ1) is 13.2. The number of amides is 2. The van der Waals surface area contributed by atoms with Crippen LogP contribution in [0.5, 0.6) is 11.5 Å². The van der Waals surface area contributed by atoms with E-state index in [1.54, 1.807) is 7.11 Å². The van der Waals surface area contributed by atoms with Crippen molar-refractivity contribution in [3.63, 3.8) is 0 Å². The van der Waals surface area contributed by atoms with Gasteiger partial charge in [-0.1, -0.05) is 19.1 Å². The van der Waals surface area contributed by atoms with Crippen LogP contribution in [0.3, 0.4) is 0 Å². The first-order valence-electron chi connectivity index (χ1n) is 9.51. The molecule has 1 atom stereocenters. The Balaban J connectivity index is 2.03. The van der Waals surface area contributed by atoms with Crippen LogP contribution in [-0.2, 0) is 13.2 Å². The fourth-order valence-corrected chi connectivity index (χ4v) is 3.28. The SMILES string of the molecule is CCC(C)N(Cc1csc(COc2ccccc2OC)n1)C(=O)NC(C)(C)C. The Labute approximate surface area is 171 Å². The number of ether oxygens (including phenoxy) is 2. The van der Waals surface area contributed by atoms with E-state index in [0.29, 0.717) is 24.7 Å². The molecule has 0 radical (unpaired) electrons. The Morgan fingerprint density at radius 3 is 2.57 bits per heavy atom. The average molecular weight is 406 g/mol. The first kappa shape index (κ1) is 22.0. The number of aromatic nitrogens is 1. The summed E-state index contributed by atoms with van der Waals surface area (Å²) in [6, 6.07) is 7.59. The topological polar surface area (TPSA) is 63.7 Å². The third-order valence-corrected chi connectivity index (χ3v) is 5.09. The largest absolute Gasteiger partial charge is 0.493 e. The summed E-state index contributed by atoms with van der Waals surface area (Å²) in [5, 5.41) is 5.89. The molecule has 28 heavy (non-hydrogen) atoms. The third kappa shape index (κ3) is 6.41. The first-order valence-corrected chi connectivity index (χ1v) is 10.4. The van der Waals surface area contributed by atoms with Crippen molar-refractivity contribution < 1.29 is 14.3 Å². The third-order valence-electron chi connectivity index (χ3n) is 4.22. The quantitative estimate of drug-likeness (QED) is 0.683. The van der Waals surface area contributed by atoms with Crippen LogP contribution >= 0.6 is 11.3 Å². The maximum absolute atomic E-state index is 12.7. The summed E-state index contributed by atoms with van der Waals surface area (Å²) in [4.78, 5) is 19.2. The van der Waals surface area contributed by atoms with Crippen molar-refractivity contribution in [3.05, 3.63) is 40.3 Å². The maximum Gasteiger partial charge on any atom is 0.318 e.